The zero-order valence-corrected chi connectivity index (χ0v) is 20.3. The lowest BCUT2D eigenvalue weighted by Crippen LogP contribution is -2.36. The molecule has 0 aliphatic carbocycles. The number of anilines is 2. The van der Waals surface area contributed by atoms with Gasteiger partial charge in [0.05, 0.1) is 45.3 Å². The highest BCUT2D eigenvalue weighted by atomic mass is 16.5. The number of aromatic nitrogens is 2. The van der Waals surface area contributed by atoms with Crippen molar-refractivity contribution in [2.24, 2.45) is 10.2 Å². The third kappa shape index (κ3) is 5.78. The summed E-state index contributed by atoms with van der Waals surface area (Å²) in [5.41, 5.74) is 4.58. The van der Waals surface area contributed by atoms with E-state index < -0.39 is 0 Å². The van der Waals surface area contributed by atoms with Crippen LogP contribution in [0, 0.1) is 0 Å². The summed E-state index contributed by atoms with van der Waals surface area (Å²) >= 11 is 0. The first kappa shape index (κ1) is 23.3. The van der Waals surface area contributed by atoms with Gasteiger partial charge in [0.15, 0.2) is 12.4 Å². The first-order valence-electron chi connectivity index (χ1n) is 12.4. The van der Waals surface area contributed by atoms with Gasteiger partial charge < -0.3 is 19.3 Å². The van der Waals surface area contributed by atoms with E-state index in [0.717, 1.165) is 76.0 Å². The lowest BCUT2D eigenvalue weighted by atomic mass is 10.2. The van der Waals surface area contributed by atoms with Gasteiger partial charge in [0.1, 0.15) is 0 Å². The van der Waals surface area contributed by atoms with Gasteiger partial charge in [0.25, 0.3) is 0 Å². The van der Waals surface area contributed by atoms with Crippen LogP contribution in [0.5, 0.6) is 0 Å². The fourth-order valence-corrected chi connectivity index (χ4v) is 4.38. The summed E-state index contributed by atoms with van der Waals surface area (Å²) in [6.07, 6.45) is 8.47. The van der Waals surface area contributed by atoms with Crippen LogP contribution in [-0.2, 0) is 15.9 Å². The van der Waals surface area contributed by atoms with Crippen molar-refractivity contribution < 1.29 is 14.1 Å². The third-order valence-electron chi connectivity index (χ3n) is 6.40. The van der Waals surface area contributed by atoms with E-state index in [1.165, 1.54) is 11.4 Å². The molecule has 0 atom stereocenters. The van der Waals surface area contributed by atoms with E-state index in [1.807, 2.05) is 34.2 Å². The second-order valence-electron chi connectivity index (χ2n) is 8.63. The van der Waals surface area contributed by atoms with Gasteiger partial charge in [0.2, 0.25) is 0 Å². The molecule has 0 amide bonds. The molecule has 8 nitrogen and oxygen atoms in total. The van der Waals surface area contributed by atoms with Crippen molar-refractivity contribution >= 4 is 23.8 Å². The minimum atomic E-state index is 0.791. The summed E-state index contributed by atoms with van der Waals surface area (Å²) in [6.45, 7) is 9.03. The molecule has 0 saturated carbocycles. The Kier molecular flexibility index (Phi) is 7.50. The first-order valence-corrected chi connectivity index (χ1v) is 12.4. The fraction of sp³-hybridized carbons (Fsp3) is 0.370. The minimum absolute atomic E-state index is 0.791. The largest absolute Gasteiger partial charge is 0.378 e. The number of nitrogens with zero attached hydrogens (tertiary/aromatic N) is 6. The highest BCUT2D eigenvalue weighted by Crippen LogP contribution is 2.17. The molecule has 1 aromatic heterocycles. The number of morpholine rings is 2. The maximum atomic E-state index is 5.44. The average molecular weight is 474 g/mol. The molecule has 3 aromatic rings. The van der Waals surface area contributed by atoms with Crippen molar-refractivity contribution in [2.45, 2.75) is 13.3 Å². The van der Waals surface area contributed by atoms with Crippen LogP contribution in [0.4, 0.5) is 11.4 Å². The quantitative estimate of drug-likeness (QED) is 0.391. The van der Waals surface area contributed by atoms with Gasteiger partial charge in [-0.1, -0.05) is 41.4 Å². The van der Waals surface area contributed by atoms with Gasteiger partial charge in [0, 0.05) is 37.6 Å². The Balaban J connectivity index is 1.24. The smallest absolute Gasteiger partial charge is 0.307 e. The zero-order valence-electron chi connectivity index (χ0n) is 20.3. The Hall–Kier alpha value is -3.49. The lowest BCUT2D eigenvalue weighted by molar-refractivity contribution is -0.685. The minimum Gasteiger partial charge on any atom is -0.378 e. The van der Waals surface area contributed by atoms with Crippen molar-refractivity contribution in [1.29, 1.82) is 0 Å². The molecule has 2 aliphatic heterocycles. The van der Waals surface area contributed by atoms with Gasteiger partial charge in [-0.3, -0.25) is 0 Å². The molecule has 2 saturated heterocycles. The van der Waals surface area contributed by atoms with Crippen LogP contribution in [0.3, 0.4) is 0 Å². The van der Waals surface area contributed by atoms with E-state index in [0.29, 0.717) is 0 Å². The predicted octanol–water partition coefficient (Wildman–Crippen LogP) is 2.78. The number of imidazole rings is 1. The van der Waals surface area contributed by atoms with Crippen LogP contribution in [0.25, 0.3) is 0 Å². The molecule has 2 fully saturated rings. The highest BCUT2D eigenvalue weighted by Gasteiger charge is 2.15. The number of ether oxygens (including phenoxy) is 2. The van der Waals surface area contributed by atoms with Crippen molar-refractivity contribution in [3.05, 3.63) is 77.9 Å². The molecule has 3 heterocycles. The highest BCUT2D eigenvalue weighted by molar-refractivity contribution is 5.80. The molecule has 8 heteroatoms. The Bertz CT molecular complexity index is 1050. The summed E-state index contributed by atoms with van der Waals surface area (Å²) in [7, 11) is 0. The maximum absolute atomic E-state index is 5.44. The van der Waals surface area contributed by atoms with E-state index in [2.05, 4.69) is 75.5 Å². The summed E-state index contributed by atoms with van der Waals surface area (Å²) in [5.74, 6) is 1.01. The van der Waals surface area contributed by atoms with Gasteiger partial charge in [-0.2, -0.15) is 0 Å². The van der Waals surface area contributed by atoms with Crippen molar-refractivity contribution in [1.82, 2.24) is 4.68 Å². The van der Waals surface area contributed by atoms with Crippen LogP contribution >= 0.6 is 0 Å². The van der Waals surface area contributed by atoms with Gasteiger partial charge in [-0.15, -0.1) is 9.35 Å². The molecule has 182 valence electrons. The van der Waals surface area contributed by atoms with Crippen molar-refractivity contribution in [3.63, 3.8) is 0 Å². The summed E-state index contributed by atoms with van der Waals surface area (Å²) < 4.78 is 14.7. The number of hydrogen-bond acceptors (Lipinski definition) is 6. The number of rotatable bonds is 7. The Labute approximate surface area is 206 Å². The Morgan fingerprint density at radius 2 is 1.29 bits per heavy atom. The zero-order chi connectivity index (χ0) is 23.9. The SMILES string of the molecule is CCc1n(/N=C/c2ccc(N3CCOCC3)cc2)cc[n+]1/N=C/c1ccc(N2CCOCC2)cc1. The second kappa shape index (κ2) is 11.3. The molecule has 0 radical (unpaired) electrons. The predicted molar refractivity (Wildman–Crippen MR) is 139 cm³/mol. The molecule has 2 aromatic carbocycles. The Morgan fingerprint density at radius 1 is 0.771 bits per heavy atom. The van der Waals surface area contributed by atoms with Crippen molar-refractivity contribution in [3.8, 4) is 0 Å². The molecule has 0 unspecified atom stereocenters. The molecule has 0 N–H and O–H groups in total. The van der Waals surface area contributed by atoms with Crippen LogP contribution in [0.1, 0.15) is 23.9 Å². The number of benzene rings is 2. The standard InChI is InChI=1S/C27H33N6O2/c1-2-27-32(28-21-23-3-7-25(8-4-23)30-13-17-34-18-14-30)11-12-33(27)29-22-24-5-9-26(10-6-24)31-15-19-35-20-16-31/h3-12,21-22H,2,13-20H2,1H3/q+1/b28-21+,29-22+. The topological polar surface area (TPSA) is 58.5 Å². The van der Waals surface area contributed by atoms with Gasteiger partial charge in [-0.05, 0) is 35.4 Å². The first-order chi connectivity index (χ1) is 17.3. The molecular formula is C27H33N6O2+. The van der Waals surface area contributed by atoms with E-state index >= 15 is 0 Å². The van der Waals surface area contributed by atoms with E-state index in [-0.39, 0.29) is 0 Å². The lowest BCUT2D eigenvalue weighted by Gasteiger charge is -2.28. The summed E-state index contributed by atoms with van der Waals surface area (Å²) in [6, 6.07) is 17.0. The van der Waals surface area contributed by atoms with Crippen LogP contribution < -0.4 is 14.5 Å². The van der Waals surface area contributed by atoms with E-state index in [9.17, 15) is 0 Å². The van der Waals surface area contributed by atoms with Crippen LogP contribution in [0.2, 0.25) is 0 Å². The van der Waals surface area contributed by atoms with Crippen LogP contribution in [0.15, 0.2) is 71.1 Å². The molecule has 0 bridgehead atoms. The summed E-state index contributed by atoms with van der Waals surface area (Å²) in [4.78, 5) is 4.70. The monoisotopic (exact) mass is 473 g/mol. The summed E-state index contributed by atoms with van der Waals surface area (Å²) in [5, 5.41) is 9.35. The van der Waals surface area contributed by atoms with Crippen molar-refractivity contribution in [2.75, 3.05) is 62.4 Å². The molecule has 35 heavy (non-hydrogen) atoms. The second-order valence-corrected chi connectivity index (χ2v) is 8.63. The third-order valence-corrected chi connectivity index (χ3v) is 6.40. The molecule has 2 aliphatic rings. The van der Waals surface area contributed by atoms with Gasteiger partial charge >= 0.3 is 5.82 Å². The maximum Gasteiger partial charge on any atom is 0.307 e. The normalized spacial score (nSPS) is 17.1. The average Bonchev–Trinajstić information content (AvgIpc) is 3.34. The van der Waals surface area contributed by atoms with Crippen LogP contribution in [-0.4, -0.2) is 69.7 Å². The molecule has 5 rings (SSSR count). The van der Waals surface area contributed by atoms with E-state index in [1.54, 1.807) is 0 Å². The van der Waals surface area contributed by atoms with Gasteiger partial charge in [-0.25, -0.2) is 0 Å². The Morgan fingerprint density at radius 3 is 1.80 bits per heavy atom. The molecular weight excluding hydrogens is 440 g/mol. The number of hydrogen-bond donors (Lipinski definition) is 0. The van der Waals surface area contributed by atoms with E-state index in [4.69, 9.17) is 9.47 Å². The fourth-order valence-electron chi connectivity index (χ4n) is 4.38. The molecule has 0 spiro atoms.